The van der Waals surface area contributed by atoms with Gasteiger partial charge in [0.05, 0.1) is 0 Å². The van der Waals surface area contributed by atoms with Crippen molar-refractivity contribution < 1.29 is 0 Å². The summed E-state index contributed by atoms with van der Waals surface area (Å²) >= 11 is 1.55. The number of hydrogen-bond donors (Lipinski definition) is 2. The van der Waals surface area contributed by atoms with E-state index in [2.05, 4.69) is 42.0 Å². The third kappa shape index (κ3) is 3.18. The number of aromatic amines is 2. The maximum atomic E-state index is 12.4. The van der Waals surface area contributed by atoms with Crippen LogP contribution in [0.5, 0.6) is 0 Å². The Labute approximate surface area is 155 Å². The summed E-state index contributed by atoms with van der Waals surface area (Å²) in [5.41, 5.74) is 6.82. The molecule has 2 aromatic heterocycles. The molecule has 0 aliphatic carbocycles. The summed E-state index contributed by atoms with van der Waals surface area (Å²) in [6.45, 7) is 4.19. The van der Waals surface area contributed by atoms with Crippen LogP contribution < -0.4 is 5.56 Å². The summed E-state index contributed by atoms with van der Waals surface area (Å²) in [5.74, 6) is 0.771. The van der Waals surface area contributed by atoms with E-state index in [4.69, 9.17) is 4.98 Å². The Bertz CT molecular complexity index is 1130. The molecular weight excluding hydrogens is 342 g/mol. The number of aryl methyl sites for hydroxylation is 2. The van der Waals surface area contributed by atoms with Gasteiger partial charge in [-0.15, -0.1) is 0 Å². The molecule has 130 valence electrons. The first-order valence-corrected chi connectivity index (χ1v) is 9.46. The predicted molar refractivity (Wildman–Crippen MR) is 108 cm³/mol. The van der Waals surface area contributed by atoms with E-state index in [9.17, 15) is 4.79 Å². The molecule has 0 aliphatic heterocycles. The van der Waals surface area contributed by atoms with Crippen molar-refractivity contribution in [2.45, 2.75) is 24.8 Å². The number of H-pyrrole nitrogens is 2. The van der Waals surface area contributed by atoms with Crippen LogP contribution in [-0.4, -0.2) is 15.0 Å². The number of aromatic nitrogens is 3. The van der Waals surface area contributed by atoms with E-state index in [0.29, 0.717) is 16.2 Å². The fourth-order valence-corrected chi connectivity index (χ4v) is 3.93. The van der Waals surface area contributed by atoms with Gasteiger partial charge in [-0.1, -0.05) is 65.9 Å². The van der Waals surface area contributed by atoms with Crippen LogP contribution >= 0.6 is 11.8 Å². The number of rotatable bonds is 4. The molecule has 2 aromatic carbocycles. The second kappa shape index (κ2) is 6.84. The van der Waals surface area contributed by atoms with Crippen LogP contribution in [0.15, 0.2) is 64.7 Å². The molecule has 0 radical (unpaired) electrons. The number of hydrogen-bond acceptors (Lipinski definition) is 3. The average molecular weight is 361 g/mol. The van der Waals surface area contributed by atoms with Crippen molar-refractivity contribution >= 4 is 22.8 Å². The highest BCUT2D eigenvalue weighted by Gasteiger charge is 2.12. The zero-order valence-electron chi connectivity index (χ0n) is 14.7. The zero-order chi connectivity index (χ0) is 18.1. The normalized spacial score (nSPS) is 11.2. The van der Waals surface area contributed by atoms with Crippen LogP contribution in [0.25, 0.3) is 22.2 Å². The van der Waals surface area contributed by atoms with E-state index in [1.165, 1.54) is 16.7 Å². The average Bonchev–Trinajstić information content (AvgIpc) is 3.08. The molecule has 0 bridgehead atoms. The van der Waals surface area contributed by atoms with Crippen molar-refractivity contribution in [1.29, 1.82) is 0 Å². The summed E-state index contributed by atoms with van der Waals surface area (Å²) in [6.07, 6.45) is 1.85. The number of nitrogens with one attached hydrogen (secondary N) is 2. The van der Waals surface area contributed by atoms with E-state index >= 15 is 0 Å². The first kappa shape index (κ1) is 16.7. The van der Waals surface area contributed by atoms with Gasteiger partial charge in [-0.2, -0.15) is 0 Å². The van der Waals surface area contributed by atoms with Crippen LogP contribution in [0.4, 0.5) is 0 Å². The van der Waals surface area contributed by atoms with E-state index in [1.807, 2.05) is 36.5 Å². The fraction of sp³-hybridized carbons (Fsp3) is 0.143. The van der Waals surface area contributed by atoms with Gasteiger partial charge in [0.15, 0.2) is 5.16 Å². The number of fused-ring (bicyclic) bond motifs is 1. The predicted octanol–water partition coefficient (Wildman–Crippen LogP) is 4.83. The molecule has 4 nitrogen and oxygen atoms in total. The van der Waals surface area contributed by atoms with Crippen LogP contribution in [0.2, 0.25) is 0 Å². The van der Waals surface area contributed by atoms with Gasteiger partial charge < -0.3 is 4.98 Å². The topological polar surface area (TPSA) is 61.5 Å². The van der Waals surface area contributed by atoms with E-state index in [0.717, 1.165) is 16.9 Å². The first-order valence-electron chi connectivity index (χ1n) is 8.47. The van der Waals surface area contributed by atoms with Gasteiger partial charge in [0.1, 0.15) is 11.0 Å². The minimum absolute atomic E-state index is 0.138. The molecule has 26 heavy (non-hydrogen) atoms. The molecule has 5 heteroatoms. The minimum atomic E-state index is -0.138. The van der Waals surface area contributed by atoms with Crippen LogP contribution in [0, 0.1) is 13.8 Å². The minimum Gasteiger partial charge on any atom is -0.355 e. The second-order valence-electron chi connectivity index (χ2n) is 6.38. The Morgan fingerprint density at radius 2 is 1.88 bits per heavy atom. The highest BCUT2D eigenvalue weighted by atomic mass is 32.2. The van der Waals surface area contributed by atoms with Crippen molar-refractivity contribution in [2.75, 3.05) is 0 Å². The third-order valence-corrected chi connectivity index (χ3v) is 5.39. The van der Waals surface area contributed by atoms with Crippen LogP contribution in [0.3, 0.4) is 0 Å². The summed E-state index contributed by atoms with van der Waals surface area (Å²) < 4.78 is 0. The van der Waals surface area contributed by atoms with E-state index in [1.54, 1.807) is 11.8 Å². The number of benzene rings is 2. The molecule has 0 fully saturated rings. The first-order chi connectivity index (χ1) is 12.6. The molecule has 0 saturated carbocycles. The Kier molecular flexibility index (Phi) is 4.39. The SMILES string of the molecule is Cc1ccc(C)c(CSc2nc3c(-c4ccccc4)c[nH]c3c(=O)[nH]2)c1. The number of thioether (sulfide) groups is 1. The van der Waals surface area contributed by atoms with E-state index < -0.39 is 0 Å². The van der Waals surface area contributed by atoms with Crippen molar-refractivity contribution in [1.82, 2.24) is 15.0 Å². The van der Waals surface area contributed by atoms with Crippen LogP contribution in [-0.2, 0) is 5.75 Å². The standard InChI is InChI=1S/C21H19N3OS/c1-13-8-9-14(2)16(10-13)12-26-21-23-18-17(15-6-4-3-5-7-15)11-22-19(18)20(25)24-21/h3-11,22H,12H2,1-2H3,(H,23,24,25). The smallest absolute Gasteiger partial charge is 0.275 e. The quantitative estimate of drug-likeness (QED) is 0.404. The van der Waals surface area contributed by atoms with Gasteiger partial charge in [-0.25, -0.2) is 4.98 Å². The summed E-state index contributed by atoms with van der Waals surface area (Å²) in [5, 5.41) is 0.639. The van der Waals surface area contributed by atoms with Gasteiger partial charge >= 0.3 is 0 Å². The molecular formula is C21H19N3OS. The molecule has 0 spiro atoms. The second-order valence-corrected chi connectivity index (χ2v) is 7.35. The lowest BCUT2D eigenvalue weighted by atomic mass is 10.1. The maximum absolute atomic E-state index is 12.4. The van der Waals surface area contributed by atoms with E-state index in [-0.39, 0.29) is 5.56 Å². The molecule has 0 unspecified atom stereocenters. The fourth-order valence-electron chi connectivity index (χ4n) is 3.00. The molecule has 2 heterocycles. The van der Waals surface area contributed by atoms with Gasteiger partial charge in [0.25, 0.3) is 5.56 Å². The zero-order valence-corrected chi connectivity index (χ0v) is 15.5. The van der Waals surface area contributed by atoms with Crippen molar-refractivity contribution in [3.8, 4) is 11.1 Å². The lowest BCUT2D eigenvalue weighted by molar-refractivity contribution is 0.971. The lowest BCUT2D eigenvalue weighted by Gasteiger charge is -2.07. The Morgan fingerprint density at radius 1 is 1.08 bits per heavy atom. The Balaban J connectivity index is 1.70. The molecule has 4 aromatic rings. The monoisotopic (exact) mass is 361 g/mol. The van der Waals surface area contributed by atoms with Crippen molar-refractivity contribution in [3.05, 3.63) is 81.8 Å². The molecule has 0 saturated heterocycles. The Morgan fingerprint density at radius 3 is 2.69 bits per heavy atom. The molecule has 0 amide bonds. The van der Waals surface area contributed by atoms with Crippen LogP contribution in [0.1, 0.15) is 16.7 Å². The van der Waals surface area contributed by atoms with Crippen molar-refractivity contribution in [3.63, 3.8) is 0 Å². The molecule has 0 aliphatic rings. The summed E-state index contributed by atoms with van der Waals surface area (Å²) in [7, 11) is 0. The lowest BCUT2D eigenvalue weighted by Crippen LogP contribution is -2.09. The van der Waals surface area contributed by atoms with Gasteiger partial charge in [-0.3, -0.25) is 9.78 Å². The van der Waals surface area contributed by atoms with Gasteiger partial charge in [-0.05, 0) is 30.5 Å². The Hall–Kier alpha value is -2.79. The largest absolute Gasteiger partial charge is 0.355 e. The van der Waals surface area contributed by atoms with Crippen molar-refractivity contribution in [2.24, 2.45) is 0 Å². The number of nitrogens with zero attached hydrogens (tertiary/aromatic N) is 1. The molecule has 0 atom stereocenters. The van der Waals surface area contributed by atoms with Gasteiger partial charge in [0.2, 0.25) is 0 Å². The highest BCUT2D eigenvalue weighted by Crippen LogP contribution is 2.28. The maximum Gasteiger partial charge on any atom is 0.275 e. The molecule has 4 rings (SSSR count). The highest BCUT2D eigenvalue weighted by molar-refractivity contribution is 7.98. The molecule has 2 N–H and O–H groups in total. The van der Waals surface area contributed by atoms with Gasteiger partial charge in [0, 0.05) is 17.5 Å². The summed E-state index contributed by atoms with van der Waals surface area (Å²) in [4.78, 5) is 23.1. The third-order valence-electron chi connectivity index (χ3n) is 4.47. The summed E-state index contributed by atoms with van der Waals surface area (Å²) in [6, 6.07) is 16.4.